The van der Waals surface area contributed by atoms with Crippen LogP contribution in [0.2, 0.25) is 0 Å². The minimum absolute atomic E-state index is 0.0486. The number of allylic oxidation sites excluding steroid dienone is 4. The molecular weight excluding hydrogens is 350 g/mol. The molecule has 3 aliphatic rings. The van der Waals surface area contributed by atoms with Crippen molar-refractivity contribution in [1.29, 1.82) is 0 Å². The van der Waals surface area contributed by atoms with E-state index in [1.807, 2.05) is 6.92 Å². The quantitative estimate of drug-likeness (QED) is 0.213. The smallest absolute Gasteiger partial charge is 0.302 e. The second-order valence-corrected chi connectivity index (χ2v) is 9.09. The number of nitrogens with zero attached hydrogens (tertiary/aromatic N) is 1. The van der Waals surface area contributed by atoms with Crippen LogP contribution in [0.4, 0.5) is 0 Å². The molecule has 0 aliphatic heterocycles. The summed E-state index contributed by atoms with van der Waals surface area (Å²) in [6, 6.07) is 0. The maximum absolute atomic E-state index is 11.3. The zero-order chi connectivity index (χ0) is 20.3. The predicted octanol–water partition coefficient (Wildman–Crippen LogP) is 5.82. The first-order chi connectivity index (χ1) is 13.4. The maximum Gasteiger partial charge on any atom is 0.302 e. The predicted molar refractivity (Wildman–Crippen MR) is 112 cm³/mol. The standard InChI is InChI=1S/C24H35NO3/c1-5-19-13-14-24(4)22(16(2)25-27)11-12-23(24)21(19)10-9-18-7-6-8-20(15-18)28-17(3)26/h5,9,11,19-21,23,27H,1,6-8,10,12-15H2,2-4H3/b18-9+,25-16+/t19?,20-,21?,23?,24+/m0/s1. The molecule has 28 heavy (non-hydrogen) atoms. The van der Waals surface area contributed by atoms with Crippen LogP contribution in [0.15, 0.2) is 41.1 Å². The molecule has 5 atom stereocenters. The Bertz CT molecular complexity index is 705. The van der Waals surface area contributed by atoms with Gasteiger partial charge >= 0.3 is 5.97 Å². The van der Waals surface area contributed by atoms with Crippen molar-refractivity contribution < 1.29 is 14.7 Å². The molecule has 0 heterocycles. The fraction of sp³-hybridized carbons (Fsp3) is 0.667. The van der Waals surface area contributed by atoms with Gasteiger partial charge in [0.15, 0.2) is 0 Å². The fourth-order valence-electron chi connectivity index (χ4n) is 6.01. The average Bonchev–Trinajstić information content (AvgIpc) is 3.02. The second-order valence-electron chi connectivity index (χ2n) is 9.09. The van der Waals surface area contributed by atoms with E-state index in [1.54, 1.807) is 0 Å². The van der Waals surface area contributed by atoms with Crippen LogP contribution in [0.25, 0.3) is 0 Å². The van der Waals surface area contributed by atoms with Gasteiger partial charge in [0.1, 0.15) is 6.10 Å². The highest BCUT2D eigenvalue weighted by molar-refractivity contribution is 5.99. The van der Waals surface area contributed by atoms with E-state index in [4.69, 9.17) is 4.74 Å². The highest BCUT2D eigenvalue weighted by Gasteiger charge is 2.50. The Kier molecular flexibility index (Phi) is 6.47. The van der Waals surface area contributed by atoms with Crippen LogP contribution in [0.1, 0.15) is 72.1 Å². The molecule has 0 aromatic rings. The lowest BCUT2D eigenvalue weighted by molar-refractivity contribution is -0.147. The van der Waals surface area contributed by atoms with E-state index in [9.17, 15) is 10.0 Å². The first-order valence-electron chi connectivity index (χ1n) is 10.8. The molecule has 3 rings (SSSR count). The Labute approximate surface area is 169 Å². The van der Waals surface area contributed by atoms with Crippen LogP contribution in [0.3, 0.4) is 0 Å². The molecule has 0 amide bonds. The number of rotatable bonds is 5. The Balaban J connectivity index is 1.74. The largest absolute Gasteiger partial charge is 0.462 e. The lowest BCUT2D eigenvalue weighted by Crippen LogP contribution is -2.40. The van der Waals surface area contributed by atoms with E-state index in [0.29, 0.717) is 17.8 Å². The number of oxime groups is 1. The van der Waals surface area contributed by atoms with Crippen LogP contribution < -0.4 is 0 Å². The van der Waals surface area contributed by atoms with Crippen LogP contribution in [0, 0.1) is 23.2 Å². The molecule has 0 radical (unpaired) electrons. The molecule has 0 spiro atoms. The van der Waals surface area contributed by atoms with Crippen molar-refractivity contribution in [3.05, 3.63) is 36.0 Å². The molecule has 0 saturated heterocycles. The zero-order valence-corrected chi connectivity index (χ0v) is 17.6. The number of esters is 1. The van der Waals surface area contributed by atoms with Gasteiger partial charge in [-0.3, -0.25) is 4.79 Å². The summed E-state index contributed by atoms with van der Waals surface area (Å²) in [5.41, 5.74) is 3.52. The van der Waals surface area contributed by atoms with E-state index in [0.717, 1.165) is 57.1 Å². The molecule has 154 valence electrons. The number of fused-ring (bicyclic) bond motifs is 1. The van der Waals surface area contributed by atoms with E-state index in [-0.39, 0.29) is 17.5 Å². The maximum atomic E-state index is 11.3. The molecule has 3 unspecified atom stereocenters. The Morgan fingerprint density at radius 3 is 2.89 bits per heavy atom. The van der Waals surface area contributed by atoms with Crippen molar-refractivity contribution in [1.82, 2.24) is 0 Å². The fourth-order valence-corrected chi connectivity index (χ4v) is 6.01. The van der Waals surface area contributed by atoms with Gasteiger partial charge in [-0.25, -0.2) is 0 Å². The molecule has 0 bridgehead atoms. The van der Waals surface area contributed by atoms with Crippen LogP contribution in [0.5, 0.6) is 0 Å². The third-order valence-electron chi connectivity index (χ3n) is 7.44. The molecule has 3 aliphatic carbocycles. The summed E-state index contributed by atoms with van der Waals surface area (Å²) in [6.07, 6.45) is 15.3. The van der Waals surface area contributed by atoms with Gasteiger partial charge in [-0.05, 0) is 80.6 Å². The van der Waals surface area contributed by atoms with Crippen molar-refractivity contribution in [2.75, 3.05) is 0 Å². The van der Waals surface area contributed by atoms with E-state index >= 15 is 0 Å². The molecule has 4 nitrogen and oxygen atoms in total. The highest BCUT2D eigenvalue weighted by atomic mass is 16.5. The van der Waals surface area contributed by atoms with E-state index in [1.165, 1.54) is 18.1 Å². The molecule has 2 fully saturated rings. The van der Waals surface area contributed by atoms with E-state index in [2.05, 4.69) is 36.9 Å². The van der Waals surface area contributed by atoms with Gasteiger partial charge in [0.2, 0.25) is 0 Å². The van der Waals surface area contributed by atoms with Crippen LogP contribution in [-0.2, 0) is 9.53 Å². The van der Waals surface area contributed by atoms with Gasteiger partial charge in [0, 0.05) is 13.3 Å². The number of ether oxygens (including phenoxy) is 1. The highest BCUT2D eigenvalue weighted by Crippen LogP contribution is 2.57. The van der Waals surface area contributed by atoms with Crippen LogP contribution >= 0.6 is 0 Å². The molecule has 2 saturated carbocycles. The number of carbonyl (C=O) groups excluding carboxylic acids is 1. The topological polar surface area (TPSA) is 58.9 Å². The second kappa shape index (κ2) is 8.67. The third kappa shape index (κ3) is 4.11. The average molecular weight is 386 g/mol. The van der Waals surface area contributed by atoms with Crippen LogP contribution in [-0.4, -0.2) is 23.0 Å². The third-order valence-corrected chi connectivity index (χ3v) is 7.44. The summed E-state index contributed by atoms with van der Waals surface area (Å²) in [4.78, 5) is 11.3. The monoisotopic (exact) mass is 385 g/mol. The summed E-state index contributed by atoms with van der Waals surface area (Å²) in [6.45, 7) is 9.88. The van der Waals surface area contributed by atoms with Gasteiger partial charge in [-0.15, -0.1) is 6.58 Å². The molecule has 4 heteroatoms. The summed E-state index contributed by atoms with van der Waals surface area (Å²) in [5, 5.41) is 12.8. The lowest BCUT2D eigenvalue weighted by Gasteiger charge is -2.47. The Hall–Kier alpha value is -1.84. The molecule has 0 aromatic heterocycles. The first kappa shape index (κ1) is 20.9. The van der Waals surface area contributed by atoms with Crippen molar-refractivity contribution in [2.45, 2.75) is 78.2 Å². The minimum Gasteiger partial charge on any atom is -0.462 e. The van der Waals surface area contributed by atoms with Gasteiger partial charge in [0.05, 0.1) is 5.71 Å². The van der Waals surface area contributed by atoms with E-state index < -0.39 is 0 Å². The SMILES string of the molecule is C=CC1CC[C@]2(C)C(/C(C)=N/O)=CCC2C1C/C=C1\CCC[C@H](OC(C)=O)C1. The first-order valence-corrected chi connectivity index (χ1v) is 10.8. The van der Waals surface area contributed by atoms with Crippen molar-refractivity contribution in [3.8, 4) is 0 Å². The van der Waals surface area contributed by atoms with Gasteiger partial charge in [-0.2, -0.15) is 0 Å². The Morgan fingerprint density at radius 1 is 1.43 bits per heavy atom. The summed E-state index contributed by atoms with van der Waals surface area (Å²) in [7, 11) is 0. The summed E-state index contributed by atoms with van der Waals surface area (Å²) in [5.74, 6) is 1.46. The molecular formula is C24H35NO3. The number of carbonyl (C=O) groups is 1. The van der Waals surface area contributed by atoms with Crippen molar-refractivity contribution >= 4 is 11.7 Å². The van der Waals surface area contributed by atoms with Gasteiger partial charge < -0.3 is 9.94 Å². The zero-order valence-electron chi connectivity index (χ0n) is 17.6. The van der Waals surface area contributed by atoms with Gasteiger partial charge in [-0.1, -0.05) is 35.9 Å². The minimum atomic E-state index is -0.175. The normalized spacial score (nSPS) is 37.3. The Morgan fingerprint density at radius 2 is 2.21 bits per heavy atom. The van der Waals surface area contributed by atoms with Crippen molar-refractivity contribution in [2.24, 2.45) is 28.3 Å². The molecule has 0 aromatic carbocycles. The van der Waals surface area contributed by atoms with Gasteiger partial charge in [0.25, 0.3) is 0 Å². The molecule has 1 N–H and O–H groups in total. The number of hydrogen-bond donors (Lipinski definition) is 1. The summed E-state index contributed by atoms with van der Waals surface area (Å²) >= 11 is 0. The summed E-state index contributed by atoms with van der Waals surface area (Å²) < 4.78 is 5.45. The van der Waals surface area contributed by atoms with Crippen molar-refractivity contribution in [3.63, 3.8) is 0 Å². The number of hydrogen-bond acceptors (Lipinski definition) is 4. The lowest BCUT2D eigenvalue weighted by atomic mass is 9.57.